The minimum absolute atomic E-state index is 0.285. The molecule has 0 aliphatic heterocycles. The Balaban J connectivity index is 1.97. The van der Waals surface area contributed by atoms with Crippen LogP contribution in [-0.2, 0) is 6.42 Å². The second-order valence-corrected chi connectivity index (χ2v) is 5.40. The molecular formula is C18H21NO2. The Morgan fingerprint density at radius 2 is 1.90 bits per heavy atom. The van der Waals surface area contributed by atoms with E-state index in [1.165, 1.54) is 5.56 Å². The van der Waals surface area contributed by atoms with Crippen LogP contribution < -0.4 is 5.32 Å². The summed E-state index contributed by atoms with van der Waals surface area (Å²) in [5.74, 6) is -0.894. The molecule has 1 unspecified atom stereocenters. The molecule has 0 radical (unpaired) electrons. The molecule has 2 aromatic carbocycles. The first-order chi connectivity index (χ1) is 10.1. The molecule has 1 atom stereocenters. The normalized spacial score (nSPS) is 11.9. The topological polar surface area (TPSA) is 49.3 Å². The number of benzene rings is 2. The first-order valence-electron chi connectivity index (χ1n) is 7.20. The van der Waals surface area contributed by atoms with Crippen LogP contribution >= 0.6 is 0 Å². The number of aromatic carboxylic acids is 1. The van der Waals surface area contributed by atoms with Crippen LogP contribution in [0.15, 0.2) is 48.5 Å². The lowest BCUT2D eigenvalue weighted by molar-refractivity contribution is 0.0697. The van der Waals surface area contributed by atoms with E-state index in [1.807, 2.05) is 31.2 Å². The Kier molecular flexibility index (Phi) is 4.99. The molecule has 21 heavy (non-hydrogen) atoms. The van der Waals surface area contributed by atoms with E-state index in [0.29, 0.717) is 5.56 Å². The molecule has 0 bridgehead atoms. The smallest absolute Gasteiger partial charge is 0.335 e. The van der Waals surface area contributed by atoms with Crippen molar-refractivity contribution in [1.82, 2.24) is 0 Å². The lowest BCUT2D eigenvalue weighted by Crippen LogP contribution is -2.17. The molecule has 110 valence electrons. The highest BCUT2D eigenvalue weighted by Crippen LogP contribution is 2.19. The Morgan fingerprint density at radius 3 is 2.57 bits per heavy atom. The molecule has 0 saturated heterocycles. The van der Waals surface area contributed by atoms with Crippen molar-refractivity contribution in [2.75, 3.05) is 5.32 Å². The summed E-state index contributed by atoms with van der Waals surface area (Å²) in [6.45, 7) is 4.10. The van der Waals surface area contributed by atoms with Crippen LogP contribution in [0.4, 0.5) is 5.69 Å². The van der Waals surface area contributed by atoms with Crippen LogP contribution in [0, 0.1) is 6.92 Å². The van der Waals surface area contributed by atoms with Crippen molar-refractivity contribution in [2.24, 2.45) is 0 Å². The number of carboxylic acid groups (broad SMARTS) is 1. The van der Waals surface area contributed by atoms with E-state index in [0.717, 1.165) is 24.1 Å². The van der Waals surface area contributed by atoms with Gasteiger partial charge in [0, 0.05) is 11.7 Å². The van der Waals surface area contributed by atoms with Gasteiger partial charge in [0.1, 0.15) is 0 Å². The molecule has 0 aliphatic rings. The number of carboxylic acids is 1. The van der Waals surface area contributed by atoms with Crippen molar-refractivity contribution in [1.29, 1.82) is 0 Å². The summed E-state index contributed by atoms with van der Waals surface area (Å²) >= 11 is 0. The largest absolute Gasteiger partial charge is 0.478 e. The Bertz CT molecular complexity index is 608. The molecule has 0 spiro atoms. The number of aryl methyl sites for hydroxylation is 2. The van der Waals surface area contributed by atoms with Crippen molar-refractivity contribution in [3.8, 4) is 0 Å². The summed E-state index contributed by atoms with van der Waals surface area (Å²) in [6, 6.07) is 15.8. The fourth-order valence-corrected chi connectivity index (χ4v) is 2.28. The first kappa shape index (κ1) is 15.1. The van der Waals surface area contributed by atoms with Crippen LogP contribution in [-0.4, -0.2) is 17.1 Å². The van der Waals surface area contributed by atoms with Gasteiger partial charge in [-0.1, -0.05) is 36.4 Å². The van der Waals surface area contributed by atoms with Gasteiger partial charge in [-0.25, -0.2) is 4.79 Å². The standard InChI is InChI=1S/C18H21NO2/c1-13-8-11-16(18(20)21)12-17(13)19-14(2)9-10-15-6-4-3-5-7-15/h3-8,11-12,14,19H,9-10H2,1-2H3,(H,20,21). The summed E-state index contributed by atoms with van der Waals surface area (Å²) in [7, 11) is 0. The molecule has 3 heteroatoms. The highest BCUT2D eigenvalue weighted by Gasteiger charge is 2.09. The van der Waals surface area contributed by atoms with E-state index in [-0.39, 0.29) is 6.04 Å². The Hall–Kier alpha value is -2.29. The van der Waals surface area contributed by atoms with Crippen LogP contribution in [0.3, 0.4) is 0 Å². The van der Waals surface area contributed by atoms with Gasteiger partial charge in [0.25, 0.3) is 0 Å². The number of rotatable bonds is 6. The van der Waals surface area contributed by atoms with Crippen molar-refractivity contribution in [3.63, 3.8) is 0 Å². The molecule has 2 N–H and O–H groups in total. The molecule has 0 aliphatic carbocycles. The number of carbonyl (C=O) groups is 1. The third kappa shape index (κ3) is 4.35. The van der Waals surface area contributed by atoms with Crippen molar-refractivity contribution >= 4 is 11.7 Å². The number of hydrogen-bond acceptors (Lipinski definition) is 2. The molecule has 0 amide bonds. The predicted octanol–water partition coefficient (Wildman–Crippen LogP) is 4.13. The highest BCUT2D eigenvalue weighted by atomic mass is 16.4. The monoisotopic (exact) mass is 283 g/mol. The summed E-state index contributed by atoms with van der Waals surface area (Å²) in [6.07, 6.45) is 2.01. The van der Waals surface area contributed by atoms with E-state index < -0.39 is 5.97 Å². The highest BCUT2D eigenvalue weighted by molar-refractivity contribution is 5.89. The fraction of sp³-hybridized carbons (Fsp3) is 0.278. The second-order valence-electron chi connectivity index (χ2n) is 5.40. The molecule has 2 rings (SSSR count). The van der Waals surface area contributed by atoms with E-state index >= 15 is 0 Å². The second kappa shape index (κ2) is 6.93. The minimum atomic E-state index is -0.894. The molecule has 0 fully saturated rings. The van der Waals surface area contributed by atoms with Crippen LogP contribution in [0.2, 0.25) is 0 Å². The molecular weight excluding hydrogens is 262 g/mol. The molecule has 0 saturated carbocycles. The van der Waals surface area contributed by atoms with Gasteiger partial charge in [-0.05, 0) is 49.9 Å². The minimum Gasteiger partial charge on any atom is -0.478 e. The fourth-order valence-electron chi connectivity index (χ4n) is 2.28. The van der Waals surface area contributed by atoms with E-state index in [2.05, 4.69) is 24.4 Å². The molecule has 0 aromatic heterocycles. The van der Waals surface area contributed by atoms with Gasteiger partial charge in [-0.15, -0.1) is 0 Å². The average molecular weight is 283 g/mol. The molecule has 2 aromatic rings. The SMILES string of the molecule is Cc1ccc(C(=O)O)cc1NC(C)CCc1ccccc1. The van der Waals surface area contributed by atoms with Gasteiger partial charge >= 0.3 is 5.97 Å². The van der Waals surface area contributed by atoms with Gasteiger partial charge in [-0.3, -0.25) is 0 Å². The van der Waals surface area contributed by atoms with Crippen LogP contribution in [0.25, 0.3) is 0 Å². The average Bonchev–Trinajstić information content (AvgIpc) is 2.48. The van der Waals surface area contributed by atoms with E-state index in [9.17, 15) is 4.79 Å². The van der Waals surface area contributed by atoms with Gasteiger partial charge in [0.05, 0.1) is 5.56 Å². The third-order valence-electron chi connectivity index (χ3n) is 3.60. The van der Waals surface area contributed by atoms with E-state index in [4.69, 9.17) is 5.11 Å². The summed E-state index contributed by atoms with van der Waals surface area (Å²) in [5, 5.41) is 12.5. The van der Waals surface area contributed by atoms with Gasteiger partial charge < -0.3 is 10.4 Å². The predicted molar refractivity (Wildman–Crippen MR) is 86.0 cm³/mol. The number of anilines is 1. The van der Waals surface area contributed by atoms with Crippen molar-refractivity contribution in [2.45, 2.75) is 32.7 Å². The van der Waals surface area contributed by atoms with Crippen molar-refractivity contribution < 1.29 is 9.90 Å². The summed E-state index contributed by atoms with van der Waals surface area (Å²) in [5.41, 5.74) is 3.60. The molecule has 0 heterocycles. The van der Waals surface area contributed by atoms with Crippen LogP contribution in [0.1, 0.15) is 34.8 Å². The number of nitrogens with one attached hydrogen (secondary N) is 1. The zero-order chi connectivity index (χ0) is 15.2. The van der Waals surface area contributed by atoms with Gasteiger partial charge in [0.15, 0.2) is 0 Å². The summed E-state index contributed by atoms with van der Waals surface area (Å²) in [4.78, 5) is 11.0. The zero-order valence-electron chi connectivity index (χ0n) is 12.5. The maximum Gasteiger partial charge on any atom is 0.335 e. The third-order valence-corrected chi connectivity index (χ3v) is 3.60. The van der Waals surface area contributed by atoms with Crippen molar-refractivity contribution in [3.05, 3.63) is 65.2 Å². The Labute approximate surface area is 125 Å². The first-order valence-corrected chi connectivity index (χ1v) is 7.20. The maximum absolute atomic E-state index is 11.0. The lowest BCUT2D eigenvalue weighted by atomic mass is 10.0. The zero-order valence-corrected chi connectivity index (χ0v) is 12.5. The Morgan fingerprint density at radius 1 is 1.19 bits per heavy atom. The van der Waals surface area contributed by atoms with Gasteiger partial charge in [0.2, 0.25) is 0 Å². The lowest BCUT2D eigenvalue weighted by Gasteiger charge is -2.17. The molecule has 3 nitrogen and oxygen atoms in total. The summed E-state index contributed by atoms with van der Waals surface area (Å²) < 4.78 is 0. The van der Waals surface area contributed by atoms with E-state index in [1.54, 1.807) is 12.1 Å². The maximum atomic E-state index is 11.0. The number of hydrogen-bond donors (Lipinski definition) is 2. The quantitative estimate of drug-likeness (QED) is 0.838. The van der Waals surface area contributed by atoms with Gasteiger partial charge in [-0.2, -0.15) is 0 Å². The van der Waals surface area contributed by atoms with Crippen LogP contribution in [0.5, 0.6) is 0 Å².